The van der Waals surface area contributed by atoms with Crippen LogP contribution < -0.4 is 10.6 Å². The molecule has 0 bridgehead atoms. The molecule has 1 aromatic heterocycles. The van der Waals surface area contributed by atoms with Gasteiger partial charge in [-0.3, -0.25) is 4.99 Å². The topological polar surface area (TPSA) is 36.4 Å². The van der Waals surface area contributed by atoms with Crippen LogP contribution >= 0.6 is 35.3 Å². The Morgan fingerprint density at radius 1 is 1.32 bits per heavy atom. The summed E-state index contributed by atoms with van der Waals surface area (Å²) >= 11 is 1.65. The number of alkyl halides is 3. The smallest absolute Gasteiger partial charge is 0.356 e. The highest BCUT2D eigenvalue weighted by Crippen LogP contribution is 2.18. The van der Waals surface area contributed by atoms with Crippen LogP contribution in [0, 0.1) is 0 Å². The minimum absolute atomic E-state index is 0. The van der Waals surface area contributed by atoms with Crippen LogP contribution in [0.4, 0.5) is 13.2 Å². The molecule has 0 spiro atoms. The van der Waals surface area contributed by atoms with Gasteiger partial charge in [0.1, 0.15) is 0 Å². The molecule has 0 aliphatic heterocycles. The fourth-order valence-corrected chi connectivity index (χ4v) is 2.01. The zero-order valence-electron chi connectivity index (χ0n) is 10.5. The standard InChI is InChI=1S/C11H16F3N3S.HI/c1-15-10(17-7-5-11(12,13)14)16-6-4-9-3-2-8-18-9;/h2-3,8H,4-7H2,1H3,(H2,15,16,17);1H. The Labute approximate surface area is 131 Å². The Bertz CT molecular complexity index is 366. The highest BCUT2D eigenvalue weighted by Gasteiger charge is 2.26. The van der Waals surface area contributed by atoms with Gasteiger partial charge in [-0.1, -0.05) is 6.07 Å². The summed E-state index contributed by atoms with van der Waals surface area (Å²) in [4.78, 5) is 5.09. The third-order valence-electron chi connectivity index (χ3n) is 2.17. The summed E-state index contributed by atoms with van der Waals surface area (Å²) in [6.45, 7) is 0.481. The Kier molecular flexibility index (Phi) is 9.15. The summed E-state index contributed by atoms with van der Waals surface area (Å²) in [6.07, 6.45) is -4.17. The number of hydrogen-bond donors (Lipinski definition) is 2. The molecule has 0 atom stereocenters. The van der Waals surface area contributed by atoms with Crippen molar-refractivity contribution in [2.24, 2.45) is 4.99 Å². The molecule has 1 aromatic rings. The van der Waals surface area contributed by atoms with E-state index in [4.69, 9.17) is 0 Å². The molecule has 8 heteroatoms. The summed E-state index contributed by atoms with van der Waals surface area (Å²) in [5.74, 6) is 0.399. The van der Waals surface area contributed by atoms with E-state index < -0.39 is 12.6 Å². The Hall–Kier alpha value is -0.510. The van der Waals surface area contributed by atoms with E-state index in [1.54, 1.807) is 11.3 Å². The molecule has 110 valence electrons. The molecule has 0 saturated heterocycles. The fraction of sp³-hybridized carbons (Fsp3) is 0.545. The van der Waals surface area contributed by atoms with Crippen LogP contribution in [0.15, 0.2) is 22.5 Å². The predicted octanol–water partition coefficient (Wildman–Crippen LogP) is 3.03. The fourth-order valence-electron chi connectivity index (χ4n) is 1.30. The minimum atomic E-state index is -4.14. The van der Waals surface area contributed by atoms with Crippen molar-refractivity contribution in [2.45, 2.75) is 19.0 Å². The van der Waals surface area contributed by atoms with Gasteiger partial charge < -0.3 is 10.6 Å². The number of guanidine groups is 1. The Balaban J connectivity index is 0.00000324. The molecule has 0 saturated carbocycles. The molecule has 0 aliphatic carbocycles. The van der Waals surface area contributed by atoms with Crippen LogP contribution in [-0.2, 0) is 6.42 Å². The van der Waals surface area contributed by atoms with Crippen molar-refractivity contribution < 1.29 is 13.2 Å². The highest BCUT2D eigenvalue weighted by atomic mass is 127. The van der Waals surface area contributed by atoms with Crippen molar-refractivity contribution in [2.75, 3.05) is 20.1 Å². The lowest BCUT2D eigenvalue weighted by molar-refractivity contribution is -0.132. The van der Waals surface area contributed by atoms with Crippen LogP contribution in [-0.4, -0.2) is 32.3 Å². The van der Waals surface area contributed by atoms with Crippen molar-refractivity contribution in [1.29, 1.82) is 0 Å². The second-order valence-electron chi connectivity index (χ2n) is 3.62. The summed E-state index contributed by atoms with van der Waals surface area (Å²) in [5, 5.41) is 7.59. The SMILES string of the molecule is CN=C(NCCc1cccs1)NCCC(F)(F)F.I. The number of halogens is 4. The summed E-state index contributed by atoms with van der Waals surface area (Å²) < 4.78 is 35.8. The summed E-state index contributed by atoms with van der Waals surface area (Å²) in [7, 11) is 1.54. The number of aliphatic imine (C=N–C) groups is 1. The van der Waals surface area contributed by atoms with Crippen molar-refractivity contribution in [1.82, 2.24) is 10.6 Å². The summed E-state index contributed by atoms with van der Waals surface area (Å²) in [5.41, 5.74) is 0. The van der Waals surface area contributed by atoms with E-state index in [1.807, 2.05) is 17.5 Å². The second-order valence-corrected chi connectivity index (χ2v) is 4.65. The van der Waals surface area contributed by atoms with E-state index in [1.165, 1.54) is 11.9 Å². The van der Waals surface area contributed by atoms with Gasteiger partial charge >= 0.3 is 6.18 Å². The van der Waals surface area contributed by atoms with E-state index in [0.29, 0.717) is 12.5 Å². The molecule has 0 amide bonds. The number of hydrogen-bond acceptors (Lipinski definition) is 2. The first kappa shape index (κ1) is 18.5. The third-order valence-corrected chi connectivity index (χ3v) is 3.10. The third kappa shape index (κ3) is 9.09. The maximum atomic E-state index is 11.9. The molecule has 19 heavy (non-hydrogen) atoms. The predicted molar refractivity (Wildman–Crippen MR) is 83.5 cm³/mol. The maximum absolute atomic E-state index is 11.9. The number of rotatable bonds is 5. The number of nitrogens with zero attached hydrogens (tertiary/aromatic N) is 1. The first-order valence-electron chi connectivity index (χ1n) is 5.55. The largest absolute Gasteiger partial charge is 0.390 e. The van der Waals surface area contributed by atoms with E-state index in [0.717, 1.165) is 6.42 Å². The van der Waals surface area contributed by atoms with Crippen LogP contribution in [0.25, 0.3) is 0 Å². The van der Waals surface area contributed by atoms with Crippen LogP contribution in [0.2, 0.25) is 0 Å². The van der Waals surface area contributed by atoms with Gasteiger partial charge in [0.05, 0.1) is 6.42 Å². The van der Waals surface area contributed by atoms with E-state index in [-0.39, 0.29) is 30.5 Å². The van der Waals surface area contributed by atoms with E-state index in [9.17, 15) is 13.2 Å². The van der Waals surface area contributed by atoms with Crippen molar-refractivity contribution in [3.8, 4) is 0 Å². The first-order chi connectivity index (χ1) is 8.51. The second kappa shape index (κ2) is 9.40. The van der Waals surface area contributed by atoms with Gasteiger partial charge in [-0.2, -0.15) is 13.2 Å². The van der Waals surface area contributed by atoms with Crippen molar-refractivity contribution in [3.63, 3.8) is 0 Å². The quantitative estimate of drug-likeness (QED) is 0.448. The summed E-state index contributed by atoms with van der Waals surface area (Å²) in [6, 6.07) is 3.99. The Morgan fingerprint density at radius 3 is 2.53 bits per heavy atom. The lowest BCUT2D eigenvalue weighted by Gasteiger charge is -2.12. The molecule has 0 radical (unpaired) electrons. The van der Waals surface area contributed by atoms with E-state index >= 15 is 0 Å². The molecule has 1 rings (SSSR count). The lowest BCUT2D eigenvalue weighted by Crippen LogP contribution is -2.39. The van der Waals surface area contributed by atoms with Gasteiger partial charge in [0.25, 0.3) is 0 Å². The zero-order chi connectivity index (χ0) is 13.4. The average Bonchev–Trinajstić information content (AvgIpc) is 2.78. The lowest BCUT2D eigenvalue weighted by atomic mass is 10.3. The zero-order valence-corrected chi connectivity index (χ0v) is 13.6. The number of thiophene rings is 1. The molecular formula is C11H17F3IN3S. The highest BCUT2D eigenvalue weighted by molar-refractivity contribution is 14.0. The van der Waals surface area contributed by atoms with Crippen molar-refractivity contribution >= 4 is 41.3 Å². The normalized spacial score (nSPS) is 11.9. The molecule has 3 nitrogen and oxygen atoms in total. The van der Waals surface area contributed by atoms with Crippen LogP contribution in [0.1, 0.15) is 11.3 Å². The molecular weight excluding hydrogens is 390 g/mol. The molecule has 0 aromatic carbocycles. The number of nitrogens with one attached hydrogen (secondary N) is 2. The molecule has 1 heterocycles. The molecule has 2 N–H and O–H groups in total. The molecule has 0 fully saturated rings. The minimum Gasteiger partial charge on any atom is -0.356 e. The average molecular weight is 407 g/mol. The van der Waals surface area contributed by atoms with E-state index in [2.05, 4.69) is 15.6 Å². The van der Waals surface area contributed by atoms with Gasteiger partial charge in [-0.25, -0.2) is 0 Å². The first-order valence-corrected chi connectivity index (χ1v) is 6.43. The van der Waals surface area contributed by atoms with Crippen LogP contribution in [0.3, 0.4) is 0 Å². The van der Waals surface area contributed by atoms with Crippen LogP contribution in [0.5, 0.6) is 0 Å². The Morgan fingerprint density at radius 2 is 2.00 bits per heavy atom. The van der Waals surface area contributed by atoms with Crippen molar-refractivity contribution in [3.05, 3.63) is 22.4 Å². The van der Waals surface area contributed by atoms with Gasteiger partial charge in [-0.15, -0.1) is 35.3 Å². The van der Waals surface area contributed by atoms with Gasteiger partial charge in [0, 0.05) is 25.0 Å². The van der Waals surface area contributed by atoms with Gasteiger partial charge in [0.15, 0.2) is 5.96 Å². The monoisotopic (exact) mass is 407 g/mol. The van der Waals surface area contributed by atoms with Gasteiger partial charge in [0.2, 0.25) is 0 Å². The molecule has 0 unspecified atom stereocenters. The molecule has 0 aliphatic rings. The van der Waals surface area contributed by atoms with Gasteiger partial charge in [-0.05, 0) is 17.9 Å². The maximum Gasteiger partial charge on any atom is 0.390 e.